The summed E-state index contributed by atoms with van der Waals surface area (Å²) in [6.07, 6.45) is 5.30. The summed E-state index contributed by atoms with van der Waals surface area (Å²) in [5.41, 5.74) is 4.27. The van der Waals surface area contributed by atoms with Crippen LogP contribution in [0.5, 0.6) is 0 Å². The molecular formula is C20H19N3O2S. The Balaban J connectivity index is 1.86. The van der Waals surface area contributed by atoms with E-state index in [1.54, 1.807) is 23.1 Å². The van der Waals surface area contributed by atoms with Crippen LogP contribution < -0.4 is 0 Å². The highest BCUT2D eigenvalue weighted by atomic mass is 32.2. The molecule has 2 aromatic carbocycles. The average molecular weight is 365 g/mol. The lowest BCUT2D eigenvalue weighted by atomic mass is 10.1. The van der Waals surface area contributed by atoms with Crippen LogP contribution in [0.1, 0.15) is 11.1 Å². The number of rotatable bonds is 3. The molecule has 0 atom stereocenters. The molecule has 0 radical (unpaired) electrons. The van der Waals surface area contributed by atoms with Crippen molar-refractivity contribution in [2.45, 2.75) is 18.7 Å². The van der Waals surface area contributed by atoms with Crippen molar-refractivity contribution in [2.75, 3.05) is 0 Å². The van der Waals surface area contributed by atoms with Crippen molar-refractivity contribution in [2.24, 2.45) is 7.05 Å². The zero-order valence-electron chi connectivity index (χ0n) is 14.8. The van der Waals surface area contributed by atoms with Crippen molar-refractivity contribution in [1.29, 1.82) is 0 Å². The van der Waals surface area contributed by atoms with Gasteiger partial charge in [0.15, 0.2) is 0 Å². The van der Waals surface area contributed by atoms with Crippen LogP contribution in [-0.4, -0.2) is 22.2 Å². The third kappa shape index (κ3) is 2.54. The van der Waals surface area contributed by atoms with Crippen molar-refractivity contribution in [3.63, 3.8) is 0 Å². The molecule has 0 amide bonds. The molecule has 0 N–H and O–H groups in total. The van der Waals surface area contributed by atoms with Crippen LogP contribution in [0.3, 0.4) is 0 Å². The van der Waals surface area contributed by atoms with E-state index < -0.39 is 10.0 Å². The van der Waals surface area contributed by atoms with E-state index in [0.29, 0.717) is 10.5 Å². The maximum absolute atomic E-state index is 13.3. The molecule has 2 heterocycles. The topological polar surface area (TPSA) is 56.9 Å². The number of para-hydroxylation sites is 1. The van der Waals surface area contributed by atoms with Crippen molar-refractivity contribution < 1.29 is 8.42 Å². The van der Waals surface area contributed by atoms with Gasteiger partial charge in [0.25, 0.3) is 10.0 Å². The summed E-state index contributed by atoms with van der Waals surface area (Å²) in [6, 6.07) is 13.0. The molecule has 0 saturated heterocycles. The number of fused-ring (bicyclic) bond motifs is 1. The third-order valence-electron chi connectivity index (χ3n) is 4.63. The van der Waals surface area contributed by atoms with Crippen molar-refractivity contribution in [1.82, 2.24) is 13.8 Å². The highest BCUT2D eigenvalue weighted by Crippen LogP contribution is 2.29. The van der Waals surface area contributed by atoms with Gasteiger partial charge in [0.05, 0.1) is 16.6 Å². The van der Waals surface area contributed by atoms with Gasteiger partial charge in [0.1, 0.15) is 0 Å². The molecule has 0 aliphatic rings. The molecule has 5 nitrogen and oxygen atoms in total. The van der Waals surface area contributed by atoms with Gasteiger partial charge >= 0.3 is 0 Å². The number of aryl methyl sites for hydroxylation is 3. The van der Waals surface area contributed by atoms with Crippen LogP contribution in [0.25, 0.3) is 22.0 Å². The second-order valence-corrected chi connectivity index (χ2v) is 8.30. The lowest BCUT2D eigenvalue weighted by Gasteiger charge is -2.12. The quantitative estimate of drug-likeness (QED) is 0.553. The molecule has 2 aromatic heterocycles. The maximum atomic E-state index is 13.3. The smallest absolute Gasteiger partial charge is 0.268 e. The molecule has 0 aliphatic carbocycles. The van der Waals surface area contributed by atoms with E-state index in [9.17, 15) is 8.42 Å². The van der Waals surface area contributed by atoms with Crippen LogP contribution >= 0.6 is 0 Å². The average Bonchev–Trinajstić information content (AvgIpc) is 3.22. The Labute approximate surface area is 152 Å². The van der Waals surface area contributed by atoms with E-state index in [0.717, 1.165) is 27.6 Å². The van der Waals surface area contributed by atoms with Crippen LogP contribution in [0, 0.1) is 13.8 Å². The Morgan fingerprint density at radius 2 is 1.77 bits per heavy atom. The predicted octanol–water partition coefficient (Wildman–Crippen LogP) is 3.90. The molecule has 0 spiro atoms. The fourth-order valence-corrected chi connectivity index (χ4v) is 4.96. The lowest BCUT2D eigenvalue weighted by molar-refractivity contribution is 0.588. The number of nitrogens with zero attached hydrogens (tertiary/aromatic N) is 3. The van der Waals surface area contributed by atoms with Gasteiger partial charge in [0.2, 0.25) is 0 Å². The zero-order chi connectivity index (χ0) is 18.5. The molecular weight excluding hydrogens is 346 g/mol. The minimum absolute atomic E-state index is 0.311. The monoisotopic (exact) mass is 365 g/mol. The van der Waals surface area contributed by atoms with Gasteiger partial charge in [0, 0.05) is 30.4 Å². The van der Waals surface area contributed by atoms with Crippen LogP contribution in [-0.2, 0) is 17.1 Å². The number of hydrogen-bond acceptors (Lipinski definition) is 3. The van der Waals surface area contributed by atoms with Gasteiger partial charge < -0.3 is 0 Å². The Morgan fingerprint density at radius 3 is 2.46 bits per heavy atom. The summed E-state index contributed by atoms with van der Waals surface area (Å²) >= 11 is 0. The SMILES string of the molecule is Cc1cc(-c2cnn(C)c2)ccc1S(=O)(=O)n1ccc2cccc(C)c21. The third-order valence-corrected chi connectivity index (χ3v) is 6.46. The zero-order valence-corrected chi connectivity index (χ0v) is 15.7. The highest BCUT2D eigenvalue weighted by molar-refractivity contribution is 7.90. The van der Waals surface area contributed by atoms with Crippen molar-refractivity contribution >= 4 is 20.9 Å². The van der Waals surface area contributed by atoms with Gasteiger partial charge in [-0.1, -0.05) is 24.3 Å². The Kier molecular flexibility index (Phi) is 3.73. The maximum Gasteiger partial charge on any atom is 0.268 e. The molecule has 0 unspecified atom stereocenters. The lowest BCUT2D eigenvalue weighted by Crippen LogP contribution is -2.13. The van der Waals surface area contributed by atoms with Gasteiger partial charge in [-0.25, -0.2) is 12.4 Å². The first-order chi connectivity index (χ1) is 12.4. The number of benzene rings is 2. The first-order valence-electron chi connectivity index (χ1n) is 8.30. The van der Waals surface area contributed by atoms with Crippen LogP contribution in [0.2, 0.25) is 0 Å². The van der Waals surface area contributed by atoms with Crippen molar-refractivity contribution in [3.8, 4) is 11.1 Å². The van der Waals surface area contributed by atoms with E-state index in [4.69, 9.17) is 0 Å². The summed E-state index contributed by atoms with van der Waals surface area (Å²) in [5.74, 6) is 0. The molecule has 0 saturated carbocycles. The van der Waals surface area contributed by atoms with Gasteiger partial charge in [-0.3, -0.25) is 4.68 Å². The summed E-state index contributed by atoms with van der Waals surface area (Å²) in [4.78, 5) is 0.311. The van der Waals surface area contributed by atoms with Crippen LogP contribution in [0.15, 0.2) is 66.0 Å². The number of aromatic nitrogens is 3. The van der Waals surface area contributed by atoms with E-state index >= 15 is 0 Å². The standard InChI is InChI=1S/C20H19N3O2S/c1-14-5-4-6-16-9-10-23(20(14)16)26(24,25)19-8-7-17(11-15(19)2)18-12-21-22(3)13-18/h4-13H,1-3H3. The van der Waals surface area contributed by atoms with Gasteiger partial charge in [-0.2, -0.15) is 5.10 Å². The minimum Gasteiger partial charge on any atom is -0.275 e. The molecule has 26 heavy (non-hydrogen) atoms. The molecule has 0 aliphatic heterocycles. The van der Waals surface area contributed by atoms with Crippen LogP contribution in [0.4, 0.5) is 0 Å². The second kappa shape index (κ2) is 5.85. The Bertz CT molecular complexity index is 1230. The molecule has 0 bridgehead atoms. The summed E-state index contributed by atoms with van der Waals surface area (Å²) in [6.45, 7) is 3.75. The molecule has 4 aromatic rings. The van der Waals surface area contributed by atoms with E-state index in [1.165, 1.54) is 3.97 Å². The highest BCUT2D eigenvalue weighted by Gasteiger charge is 2.22. The predicted molar refractivity (Wildman–Crippen MR) is 103 cm³/mol. The van der Waals surface area contributed by atoms with E-state index in [2.05, 4.69) is 5.10 Å². The molecule has 132 valence electrons. The van der Waals surface area contributed by atoms with Crippen molar-refractivity contribution in [3.05, 3.63) is 72.2 Å². The van der Waals surface area contributed by atoms with E-state index in [1.807, 2.05) is 63.5 Å². The van der Waals surface area contributed by atoms with Gasteiger partial charge in [-0.05, 0) is 48.7 Å². The second-order valence-electron chi connectivity index (χ2n) is 6.51. The number of hydrogen-bond donors (Lipinski definition) is 0. The summed E-state index contributed by atoms with van der Waals surface area (Å²) in [5, 5.41) is 5.09. The molecule has 6 heteroatoms. The van der Waals surface area contributed by atoms with Gasteiger partial charge in [-0.15, -0.1) is 0 Å². The fourth-order valence-electron chi connectivity index (χ4n) is 3.33. The summed E-state index contributed by atoms with van der Waals surface area (Å²) < 4.78 is 29.7. The summed E-state index contributed by atoms with van der Waals surface area (Å²) in [7, 11) is -1.82. The van der Waals surface area contributed by atoms with E-state index in [-0.39, 0.29) is 0 Å². The Hall–Kier alpha value is -2.86. The molecule has 4 rings (SSSR count). The Morgan fingerprint density at radius 1 is 0.962 bits per heavy atom. The fraction of sp³-hybridized carbons (Fsp3) is 0.150. The largest absolute Gasteiger partial charge is 0.275 e. The first kappa shape index (κ1) is 16.6. The minimum atomic E-state index is -3.67. The molecule has 0 fully saturated rings. The normalized spacial score (nSPS) is 12.0. The first-order valence-corrected chi connectivity index (χ1v) is 9.74.